The highest BCUT2D eigenvalue weighted by molar-refractivity contribution is 5.75. The van der Waals surface area contributed by atoms with E-state index in [1.54, 1.807) is 23.8 Å². The Morgan fingerprint density at radius 3 is 2.62 bits per heavy atom. The highest BCUT2D eigenvalue weighted by atomic mass is 16.5. The largest absolute Gasteiger partial charge is 0.497 e. The van der Waals surface area contributed by atoms with E-state index in [9.17, 15) is 9.59 Å². The summed E-state index contributed by atoms with van der Waals surface area (Å²) < 4.78 is 13.8. The third kappa shape index (κ3) is 5.45. The molecule has 5 rings (SSSR count). The maximum absolute atomic E-state index is 12.4. The molecule has 11 heteroatoms. The predicted molar refractivity (Wildman–Crippen MR) is 135 cm³/mol. The van der Waals surface area contributed by atoms with Gasteiger partial charge in [0.25, 0.3) is 5.56 Å². The lowest BCUT2D eigenvalue weighted by Gasteiger charge is -2.09. The summed E-state index contributed by atoms with van der Waals surface area (Å²) in [6.45, 7) is 0.268. The minimum atomic E-state index is -0.331. The Morgan fingerprint density at radius 2 is 1.81 bits per heavy atom. The summed E-state index contributed by atoms with van der Waals surface area (Å²) >= 11 is 0. The van der Waals surface area contributed by atoms with E-state index in [4.69, 9.17) is 9.47 Å². The van der Waals surface area contributed by atoms with Gasteiger partial charge < -0.3 is 14.8 Å². The number of hydrogen-bond donors (Lipinski definition) is 1. The second kappa shape index (κ2) is 10.7. The number of benzene rings is 2. The molecule has 0 saturated carbocycles. The first-order chi connectivity index (χ1) is 18.1. The van der Waals surface area contributed by atoms with Crippen molar-refractivity contribution in [2.24, 2.45) is 0 Å². The maximum Gasteiger partial charge on any atom is 0.254 e. The number of fused-ring (bicyclic) bond motifs is 1. The Hall–Kier alpha value is -5.06. The van der Waals surface area contributed by atoms with Gasteiger partial charge in [0.2, 0.25) is 11.8 Å². The predicted octanol–water partition coefficient (Wildman–Crippen LogP) is 2.22. The number of nitrogens with zero attached hydrogens (tertiary/aromatic N) is 6. The summed E-state index contributed by atoms with van der Waals surface area (Å²) in [5, 5.41) is 15.6. The van der Waals surface area contributed by atoms with Crippen molar-refractivity contribution >= 4 is 11.6 Å². The van der Waals surface area contributed by atoms with Crippen molar-refractivity contribution < 1.29 is 14.3 Å². The van der Waals surface area contributed by atoms with Gasteiger partial charge in [0.05, 0.1) is 25.7 Å². The first kappa shape index (κ1) is 23.7. The van der Waals surface area contributed by atoms with Crippen LogP contribution in [-0.4, -0.2) is 55.5 Å². The Balaban J connectivity index is 1.16. The lowest BCUT2D eigenvalue weighted by Crippen LogP contribution is -2.34. The number of carbonyl (C=O) groups is 1. The monoisotopic (exact) mass is 497 g/mol. The number of ether oxygens (including phenoxy) is 2. The van der Waals surface area contributed by atoms with Gasteiger partial charge in [-0.2, -0.15) is 4.52 Å². The number of carbonyl (C=O) groups excluding carboxylic acids is 1. The van der Waals surface area contributed by atoms with Crippen LogP contribution in [0.5, 0.6) is 11.6 Å². The van der Waals surface area contributed by atoms with Gasteiger partial charge in [0.1, 0.15) is 18.9 Å². The molecule has 0 unspecified atom stereocenters. The zero-order valence-electron chi connectivity index (χ0n) is 19.9. The molecule has 0 atom stereocenters. The molecular formula is C26H23N7O4. The van der Waals surface area contributed by atoms with E-state index in [0.29, 0.717) is 28.8 Å². The minimum absolute atomic E-state index is 0.143. The highest BCUT2D eigenvalue weighted by Gasteiger charge is 2.12. The number of nitrogens with one attached hydrogen (secondary N) is 1. The molecule has 1 amide bonds. The first-order valence-corrected chi connectivity index (χ1v) is 11.5. The second-order valence-corrected chi connectivity index (χ2v) is 8.00. The molecule has 3 aromatic heterocycles. The summed E-state index contributed by atoms with van der Waals surface area (Å²) in [7, 11) is 1.60. The van der Waals surface area contributed by atoms with Crippen LogP contribution in [-0.2, 0) is 11.3 Å². The molecule has 0 fully saturated rings. The molecule has 5 aromatic rings. The Morgan fingerprint density at radius 1 is 0.973 bits per heavy atom. The zero-order chi connectivity index (χ0) is 25.6. The van der Waals surface area contributed by atoms with Gasteiger partial charge in [-0.1, -0.05) is 42.5 Å². The van der Waals surface area contributed by atoms with Crippen LogP contribution >= 0.6 is 0 Å². The molecule has 3 heterocycles. The Kier molecular flexibility index (Phi) is 6.84. The maximum atomic E-state index is 12.4. The quantitative estimate of drug-likeness (QED) is 0.307. The van der Waals surface area contributed by atoms with Crippen molar-refractivity contribution in [2.75, 3.05) is 20.3 Å². The molecule has 186 valence electrons. The van der Waals surface area contributed by atoms with Gasteiger partial charge in [-0.3, -0.25) is 14.2 Å². The first-order valence-electron chi connectivity index (χ1n) is 11.5. The van der Waals surface area contributed by atoms with Gasteiger partial charge >= 0.3 is 0 Å². The number of methoxy groups -OCH3 is 1. The minimum Gasteiger partial charge on any atom is -0.497 e. The molecule has 0 saturated heterocycles. The summed E-state index contributed by atoms with van der Waals surface area (Å²) in [6.07, 6.45) is 1.37. The van der Waals surface area contributed by atoms with Crippen LogP contribution in [0.15, 0.2) is 83.9 Å². The lowest BCUT2D eigenvalue weighted by molar-refractivity contribution is -0.121. The molecule has 0 radical (unpaired) electrons. The SMILES string of the molecule is COc1cccc(-c2nnc3ccc(OCCNC(=O)Cn4cnc(-c5ccccc5)cc4=O)nn23)c1. The second-order valence-electron chi connectivity index (χ2n) is 8.00. The van der Waals surface area contributed by atoms with E-state index in [2.05, 4.69) is 25.6 Å². The van der Waals surface area contributed by atoms with E-state index in [1.165, 1.54) is 17.0 Å². The van der Waals surface area contributed by atoms with Crippen LogP contribution in [0, 0.1) is 0 Å². The number of aromatic nitrogens is 6. The molecule has 0 aliphatic carbocycles. The van der Waals surface area contributed by atoms with Crippen LogP contribution in [0.25, 0.3) is 28.3 Å². The molecule has 11 nitrogen and oxygen atoms in total. The Labute approximate surface area is 211 Å². The number of rotatable bonds is 9. The van der Waals surface area contributed by atoms with E-state index in [-0.39, 0.29) is 31.2 Å². The molecule has 0 bridgehead atoms. The van der Waals surface area contributed by atoms with Crippen LogP contribution in [0.1, 0.15) is 0 Å². The molecule has 0 aliphatic heterocycles. The number of amides is 1. The van der Waals surface area contributed by atoms with E-state index >= 15 is 0 Å². The van der Waals surface area contributed by atoms with Crippen LogP contribution < -0.4 is 20.3 Å². The van der Waals surface area contributed by atoms with Crippen molar-refractivity contribution in [2.45, 2.75) is 6.54 Å². The van der Waals surface area contributed by atoms with Crippen LogP contribution in [0.3, 0.4) is 0 Å². The zero-order valence-corrected chi connectivity index (χ0v) is 19.9. The average Bonchev–Trinajstić information content (AvgIpc) is 3.36. The topological polar surface area (TPSA) is 126 Å². The van der Waals surface area contributed by atoms with E-state index < -0.39 is 0 Å². The fourth-order valence-electron chi connectivity index (χ4n) is 3.66. The summed E-state index contributed by atoms with van der Waals surface area (Å²) in [6, 6.07) is 21.7. The normalized spacial score (nSPS) is 10.8. The van der Waals surface area contributed by atoms with Crippen LogP contribution in [0.2, 0.25) is 0 Å². The lowest BCUT2D eigenvalue weighted by atomic mass is 10.1. The average molecular weight is 498 g/mol. The highest BCUT2D eigenvalue weighted by Crippen LogP contribution is 2.23. The molecule has 2 aromatic carbocycles. The molecular weight excluding hydrogens is 474 g/mol. The molecule has 1 N–H and O–H groups in total. The van der Waals surface area contributed by atoms with Crippen molar-refractivity contribution in [3.8, 4) is 34.3 Å². The summed E-state index contributed by atoms with van der Waals surface area (Å²) in [5.74, 6) is 1.26. The third-order valence-electron chi connectivity index (χ3n) is 5.50. The van der Waals surface area contributed by atoms with Crippen molar-refractivity contribution in [3.05, 3.63) is 89.5 Å². The van der Waals surface area contributed by atoms with Gasteiger partial charge in [-0.05, 0) is 18.2 Å². The summed E-state index contributed by atoms with van der Waals surface area (Å²) in [5.41, 5.74) is 2.45. The summed E-state index contributed by atoms with van der Waals surface area (Å²) in [4.78, 5) is 29.0. The molecule has 0 aliphatic rings. The smallest absolute Gasteiger partial charge is 0.254 e. The van der Waals surface area contributed by atoms with Crippen molar-refractivity contribution in [3.63, 3.8) is 0 Å². The molecule has 37 heavy (non-hydrogen) atoms. The van der Waals surface area contributed by atoms with Crippen LogP contribution in [0.4, 0.5) is 0 Å². The fourth-order valence-corrected chi connectivity index (χ4v) is 3.66. The van der Waals surface area contributed by atoms with Gasteiger partial charge in [-0.25, -0.2) is 4.98 Å². The third-order valence-corrected chi connectivity index (χ3v) is 5.50. The van der Waals surface area contributed by atoms with Crippen molar-refractivity contribution in [1.82, 2.24) is 34.7 Å². The van der Waals surface area contributed by atoms with Crippen molar-refractivity contribution in [1.29, 1.82) is 0 Å². The molecule has 0 spiro atoms. The fraction of sp³-hybridized carbons (Fsp3) is 0.154. The van der Waals surface area contributed by atoms with E-state index in [1.807, 2.05) is 54.6 Å². The van der Waals surface area contributed by atoms with Gasteiger partial charge in [0.15, 0.2) is 11.5 Å². The van der Waals surface area contributed by atoms with E-state index in [0.717, 1.165) is 11.1 Å². The number of hydrogen-bond acceptors (Lipinski definition) is 8. The van der Waals surface area contributed by atoms with Gasteiger partial charge in [-0.15, -0.1) is 15.3 Å². The van der Waals surface area contributed by atoms with Gasteiger partial charge in [0, 0.05) is 23.3 Å². The Bertz CT molecular complexity index is 1600. The standard InChI is InChI=1S/C26H23N7O4/c1-36-20-9-5-8-19(14-20)26-30-29-22-10-11-24(31-33(22)26)37-13-12-27-23(34)16-32-17-28-21(15-25(32)35)18-6-3-2-4-7-18/h2-11,14-15,17H,12-13,16H2,1H3,(H,27,34).